The van der Waals surface area contributed by atoms with Crippen molar-refractivity contribution in [2.45, 2.75) is 0 Å². The summed E-state index contributed by atoms with van der Waals surface area (Å²) in [5, 5.41) is 4.34. The maximum atomic E-state index is 5.13. The third-order valence-electron chi connectivity index (χ3n) is 9.70. The van der Waals surface area contributed by atoms with Gasteiger partial charge in [0.05, 0.1) is 50.5 Å². The molecule has 0 aliphatic heterocycles. The average molecular weight is 664 g/mol. The number of hydrogen-bond acceptors (Lipinski definition) is 5. The van der Waals surface area contributed by atoms with Crippen LogP contribution >= 0.6 is 0 Å². The van der Waals surface area contributed by atoms with Crippen molar-refractivity contribution < 1.29 is 0 Å². The Balaban J connectivity index is 0.926. The molecule has 5 aromatic carbocycles. The highest BCUT2D eigenvalue weighted by molar-refractivity contribution is 6.04. The number of nitrogens with zero attached hydrogens (tertiary/aromatic N) is 5. The molecule has 52 heavy (non-hydrogen) atoms. The SMILES string of the molecule is c1ccc(-c2ccc3ccc4ccc(-c5ccc(-c6ccc7cc(-c8ccc9nc(-c%10ccccn%10)ccc9c8)ccc7n6)cc5)nc4c3n2)cc1. The molecular formula is C47H29N5. The lowest BCUT2D eigenvalue weighted by atomic mass is 10.0. The number of fused-ring (bicyclic) bond motifs is 5. The van der Waals surface area contributed by atoms with Crippen molar-refractivity contribution in [3.63, 3.8) is 0 Å². The molecule has 0 fully saturated rings. The Morgan fingerprint density at radius 1 is 0.269 bits per heavy atom. The molecule has 5 aromatic heterocycles. The van der Waals surface area contributed by atoms with Crippen LogP contribution in [0.1, 0.15) is 0 Å². The predicted molar refractivity (Wildman–Crippen MR) is 213 cm³/mol. The molecule has 5 heterocycles. The topological polar surface area (TPSA) is 64.5 Å². The van der Waals surface area contributed by atoms with Crippen LogP contribution in [0.4, 0.5) is 0 Å². The normalized spacial score (nSPS) is 11.5. The van der Waals surface area contributed by atoms with Gasteiger partial charge in [-0.15, -0.1) is 0 Å². The summed E-state index contributed by atoms with van der Waals surface area (Å²) in [7, 11) is 0. The van der Waals surface area contributed by atoms with Crippen molar-refractivity contribution in [3.8, 4) is 56.3 Å². The minimum atomic E-state index is 0.873. The van der Waals surface area contributed by atoms with E-state index in [0.717, 1.165) is 99.9 Å². The van der Waals surface area contributed by atoms with E-state index >= 15 is 0 Å². The number of aromatic nitrogens is 5. The van der Waals surface area contributed by atoms with E-state index in [1.165, 1.54) is 0 Å². The van der Waals surface area contributed by atoms with Crippen LogP contribution in [0.25, 0.3) is 99.9 Å². The Kier molecular flexibility index (Phi) is 7.07. The lowest BCUT2D eigenvalue weighted by Crippen LogP contribution is -1.91. The first-order chi connectivity index (χ1) is 25.7. The van der Waals surface area contributed by atoms with Crippen LogP contribution < -0.4 is 0 Å². The van der Waals surface area contributed by atoms with Crippen LogP contribution in [-0.2, 0) is 0 Å². The highest BCUT2D eigenvalue weighted by atomic mass is 14.8. The zero-order chi connectivity index (χ0) is 34.4. The van der Waals surface area contributed by atoms with Crippen molar-refractivity contribution in [3.05, 3.63) is 176 Å². The van der Waals surface area contributed by atoms with Crippen molar-refractivity contribution in [1.82, 2.24) is 24.9 Å². The van der Waals surface area contributed by atoms with E-state index in [-0.39, 0.29) is 0 Å². The van der Waals surface area contributed by atoms with Gasteiger partial charge in [-0.05, 0) is 71.8 Å². The number of hydrogen-bond donors (Lipinski definition) is 0. The van der Waals surface area contributed by atoms with Gasteiger partial charge in [0.25, 0.3) is 0 Å². The monoisotopic (exact) mass is 663 g/mol. The highest BCUT2D eigenvalue weighted by Gasteiger charge is 2.11. The van der Waals surface area contributed by atoms with Crippen molar-refractivity contribution in [1.29, 1.82) is 0 Å². The molecule has 0 aliphatic carbocycles. The average Bonchev–Trinajstić information content (AvgIpc) is 3.23. The van der Waals surface area contributed by atoms with E-state index in [9.17, 15) is 0 Å². The zero-order valence-electron chi connectivity index (χ0n) is 28.0. The lowest BCUT2D eigenvalue weighted by molar-refractivity contribution is 1.28. The second-order valence-corrected chi connectivity index (χ2v) is 13.0. The van der Waals surface area contributed by atoms with Crippen LogP contribution in [0.5, 0.6) is 0 Å². The molecule has 10 rings (SSSR count). The van der Waals surface area contributed by atoms with Gasteiger partial charge < -0.3 is 0 Å². The van der Waals surface area contributed by atoms with Crippen LogP contribution in [0.3, 0.4) is 0 Å². The maximum absolute atomic E-state index is 5.13. The molecule has 0 unspecified atom stereocenters. The summed E-state index contributed by atoms with van der Waals surface area (Å²) in [5.41, 5.74) is 13.7. The van der Waals surface area contributed by atoms with E-state index in [1.54, 1.807) is 6.20 Å². The summed E-state index contributed by atoms with van der Waals surface area (Å²) in [4.78, 5) is 24.5. The lowest BCUT2D eigenvalue weighted by Gasteiger charge is -2.09. The summed E-state index contributed by atoms with van der Waals surface area (Å²) in [6.07, 6.45) is 1.79. The van der Waals surface area contributed by atoms with Crippen LogP contribution in [0, 0.1) is 0 Å². The molecule has 5 nitrogen and oxygen atoms in total. The molecule has 0 bridgehead atoms. The smallest absolute Gasteiger partial charge is 0.0972 e. The minimum Gasteiger partial charge on any atom is -0.255 e. The first-order valence-electron chi connectivity index (χ1n) is 17.3. The molecule has 0 atom stereocenters. The van der Waals surface area contributed by atoms with Crippen molar-refractivity contribution in [2.24, 2.45) is 0 Å². The van der Waals surface area contributed by atoms with Crippen molar-refractivity contribution in [2.75, 3.05) is 0 Å². The van der Waals surface area contributed by atoms with E-state index < -0.39 is 0 Å². The molecule has 0 amide bonds. The van der Waals surface area contributed by atoms with Crippen LogP contribution in [0.15, 0.2) is 176 Å². The van der Waals surface area contributed by atoms with Gasteiger partial charge in [0.2, 0.25) is 0 Å². The van der Waals surface area contributed by atoms with Gasteiger partial charge in [0.15, 0.2) is 0 Å². The quantitative estimate of drug-likeness (QED) is 0.171. The Hall–Kier alpha value is -7.11. The first kappa shape index (κ1) is 29.8. The van der Waals surface area contributed by atoms with Crippen LogP contribution in [-0.4, -0.2) is 24.9 Å². The van der Waals surface area contributed by atoms with E-state index in [4.69, 9.17) is 19.9 Å². The third-order valence-corrected chi connectivity index (χ3v) is 9.70. The van der Waals surface area contributed by atoms with Gasteiger partial charge in [-0.2, -0.15) is 0 Å². The Labute approximate surface area is 300 Å². The predicted octanol–water partition coefficient (Wildman–Crippen LogP) is 11.6. The summed E-state index contributed by atoms with van der Waals surface area (Å²) in [6, 6.07) is 58.6. The zero-order valence-corrected chi connectivity index (χ0v) is 28.0. The molecule has 0 saturated carbocycles. The molecule has 5 heteroatoms. The summed E-state index contributed by atoms with van der Waals surface area (Å²) < 4.78 is 0. The Bertz CT molecular complexity index is 2940. The fourth-order valence-corrected chi connectivity index (χ4v) is 6.94. The standard InChI is InChI=1S/C47H29N5/c1-2-6-30(7-3-1)40-21-15-33-13-14-34-16-22-41(52-47(34)46(33)51-40)32-11-9-31(10-12-32)39-25-19-37-28-35(17-23-42(37)49-39)36-18-24-43-38(29-36)20-26-45(50-43)44-8-4-5-27-48-44/h1-29H. The molecule has 0 aliphatic rings. The molecule has 0 spiro atoms. The van der Waals surface area contributed by atoms with Gasteiger partial charge in [-0.1, -0.05) is 109 Å². The third kappa shape index (κ3) is 5.42. The number of benzene rings is 5. The van der Waals surface area contributed by atoms with E-state index in [2.05, 4.69) is 132 Å². The van der Waals surface area contributed by atoms with Gasteiger partial charge in [-0.25, -0.2) is 19.9 Å². The minimum absolute atomic E-state index is 0.873. The molecule has 0 N–H and O–H groups in total. The van der Waals surface area contributed by atoms with Gasteiger partial charge in [-0.3, -0.25) is 4.98 Å². The van der Waals surface area contributed by atoms with Gasteiger partial charge in [0.1, 0.15) is 0 Å². The maximum Gasteiger partial charge on any atom is 0.0972 e. The van der Waals surface area contributed by atoms with E-state index in [1.807, 2.05) is 42.5 Å². The van der Waals surface area contributed by atoms with E-state index in [0.29, 0.717) is 0 Å². The number of pyridine rings is 5. The fraction of sp³-hybridized carbons (Fsp3) is 0. The first-order valence-corrected chi connectivity index (χ1v) is 17.3. The second-order valence-electron chi connectivity index (χ2n) is 13.0. The molecule has 10 aromatic rings. The molecular weight excluding hydrogens is 635 g/mol. The Morgan fingerprint density at radius 3 is 1.27 bits per heavy atom. The van der Waals surface area contributed by atoms with Gasteiger partial charge >= 0.3 is 0 Å². The number of rotatable bonds is 5. The fourth-order valence-electron chi connectivity index (χ4n) is 6.94. The summed E-state index contributed by atoms with van der Waals surface area (Å²) >= 11 is 0. The molecule has 0 saturated heterocycles. The molecule has 242 valence electrons. The van der Waals surface area contributed by atoms with Crippen molar-refractivity contribution >= 4 is 43.6 Å². The Morgan fingerprint density at radius 2 is 0.712 bits per heavy atom. The molecule has 0 radical (unpaired) electrons. The summed E-state index contributed by atoms with van der Waals surface area (Å²) in [6.45, 7) is 0. The van der Waals surface area contributed by atoms with Crippen LogP contribution in [0.2, 0.25) is 0 Å². The van der Waals surface area contributed by atoms with Gasteiger partial charge in [0, 0.05) is 44.4 Å². The second kappa shape index (κ2) is 12.3. The highest BCUT2D eigenvalue weighted by Crippen LogP contribution is 2.32. The summed E-state index contributed by atoms with van der Waals surface area (Å²) in [5.74, 6) is 0. The largest absolute Gasteiger partial charge is 0.255 e.